The van der Waals surface area contributed by atoms with Crippen LogP contribution in [0.15, 0.2) is 30.3 Å². The summed E-state index contributed by atoms with van der Waals surface area (Å²) in [5, 5.41) is 4.97. The molecule has 0 radical (unpaired) electrons. The average Bonchev–Trinajstić information content (AvgIpc) is 2.98. The Bertz CT molecular complexity index is 945. The number of hydrogen-bond acceptors (Lipinski definition) is 3. The van der Waals surface area contributed by atoms with E-state index in [9.17, 15) is 14.0 Å². The van der Waals surface area contributed by atoms with E-state index < -0.39 is 0 Å². The molecule has 1 aliphatic rings. The summed E-state index contributed by atoms with van der Waals surface area (Å²) in [5.41, 5.74) is 1.97. The quantitative estimate of drug-likeness (QED) is 0.678. The molecule has 1 aromatic heterocycles. The van der Waals surface area contributed by atoms with Gasteiger partial charge in [0.25, 0.3) is 5.91 Å². The van der Waals surface area contributed by atoms with Gasteiger partial charge in [-0.15, -0.1) is 0 Å². The van der Waals surface area contributed by atoms with Crippen molar-refractivity contribution < 1.29 is 14.0 Å². The summed E-state index contributed by atoms with van der Waals surface area (Å²) < 4.78 is 14.8. The molecule has 1 saturated heterocycles. The van der Waals surface area contributed by atoms with Gasteiger partial charge in [-0.05, 0) is 43.2 Å². The van der Waals surface area contributed by atoms with Crippen molar-refractivity contribution in [1.82, 2.24) is 19.6 Å². The monoisotopic (exact) mass is 432 g/mol. The molecular formula is C22H26ClFN4O2. The number of nitrogens with zero attached hydrogens (tertiary/aromatic N) is 4. The van der Waals surface area contributed by atoms with Gasteiger partial charge in [0, 0.05) is 49.9 Å². The first kappa shape index (κ1) is 22.0. The number of aryl methyl sites for hydroxylation is 1. The van der Waals surface area contributed by atoms with E-state index in [2.05, 4.69) is 18.9 Å². The number of halogens is 2. The van der Waals surface area contributed by atoms with Crippen molar-refractivity contribution in [2.75, 3.05) is 26.2 Å². The van der Waals surface area contributed by atoms with Crippen LogP contribution in [0, 0.1) is 18.7 Å². The first-order valence-corrected chi connectivity index (χ1v) is 10.4. The van der Waals surface area contributed by atoms with E-state index in [1.165, 1.54) is 30.3 Å². The summed E-state index contributed by atoms with van der Waals surface area (Å²) in [7, 11) is 0. The Hall–Kier alpha value is -2.67. The first-order valence-electron chi connectivity index (χ1n) is 10.0. The second kappa shape index (κ2) is 9.43. The first-order chi connectivity index (χ1) is 14.3. The van der Waals surface area contributed by atoms with E-state index in [-0.39, 0.29) is 17.6 Å². The van der Waals surface area contributed by atoms with Gasteiger partial charge in [0.05, 0.1) is 5.69 Å². The second-order valence-corrected chi connectivity index (χ2v) is 8.18. The van der Waals surface area contributed by atoms with Gasteiger partial charge < -0.3 is 9.80 Å². The minimum atomic E-state index is -0.376. The number of piperazine rings is 1. The summed E-state index contributed by atoms with van der Waals surface area (Å²) in [5.74, 6) is -0.249. The fourth-order valence-corrected chi connectivity index (χ4v) is 3.69. The van der Waals surface area contributed by atoms with Crippen LogP contribution < -0.4 is 0 Å². The number of aromatic nitrogens is 2. The molecule has 0 unspecified atom stereocenters. The Morgan fingerprint density at radius 2 is 1.73 bits per heavy atom. The molecule has 2 amide bonds. The number of carbonyl (C=O) groups excluding carboxylic acids is 2. The lowest BCUT2D eigenvalue weighted by Gasteiger charge is -2.34. The van der Waals surface area contributed by atoms with Gasteiger partial charge >= 0.3 is 0 Å². The lowest BCUT2D eigenvalue weighted by atomic mass is 10.1. The summed E-state index contributed by atoms with van der Waals surface area (Å²) in [4.78, 5) is 28.5. The highest BCUT2D eigenvalue weighted by Crippen LogP contribution is 2.22. The van der Waals surface area contributed by atoms with E-state index >= 15 is 0 Å². The van der Waals surface area contributed by atoms with Gasteiger partial charge in [0.15, 0.2) is 0 Å². The van der Waals surface area contributed by atoms with E-state index in [0.717, 1.165) is 11.3 Å². The van der Waals surface area contributed by atoms with Crippen molar-refractivity contribution in [3.63, 3.8) is 0 Å². The Morgan fingerprint density at radius 1 is 1.13 bits per heavy atom. The van der Waals surface area contributed by atoms with Crippen molar-refractivity contribution >= 4 is 29.5 Å². The van der Waals surface area contributed by atoms with Crippen molar-refractivity contribution in [2.45, 2.75) is 27.3 Å². The van der Waals surface area contributed by atoms with E-state index in [1.807, 2.05) is 6.92 Å². The Labute approximate surface area is 180 Å². The summed E-state index contributed by atoms with van der Waals surface area (Å²) in [6.45, 7) is 8.51. The SMILES string of the molecule is Cc1nn(CC(C)C)c(Cl)c1/C=C/C(=O)N1CCN(C(=O)c2ccc(F)cc2)CC1. The zero-order valence-electron chi connectivity index (χ0n) is 17.4. The van der Waals surface area contributed by atoms with Crippen molar-refractivity contribution in [2.24, 2.45) is 5.92 Å². The minimum Gasteiger partial charge on any atom is -0.336 e. The minimum absolute atomic E-state index is 0.129. The zero-order valence-corrected chi connectivity index (χ0v) is 18.2. The molecule has 0 N–H and O–H groups in total. The van der Waals surface area contributed by atoms with Crippen LogP contribution in [0.5, 0.6) is 0 Å². The van der Waals surface area contributed by atoms with Crippen LogP contribution in [0.4, 0.5) is 4.39 Å². The Kier molecular flexibility index (Phi) is 6.92. The number of hydrogen-bond donors (Lipinski definition) is 0. The third-order valence-electron chi connectivity index (χ3n) is 5.01. The van der Waals surface area contributed by atoms with Gasteiger partial charge in [-0.1, -0.05) is 25.4 Å². The van der Waals surface area contributed by atoms with Gasteiger partial charge in [-0.2, -0.15) is 5.10 Å². The average molecular weight is 433 g/mol. The summed E-state index contributed by atoms with van der Waals surface area (Å²) >= 11 is 6.42. The van der Waals surface area contributed by atoms with E-state index in [1.54, 1.807) is 20.6 Å². The fourth-order valence-electron chi connectivity index (χ4n) is 3.39. The Morgan fingerprint density at radius 3 is 2.33 bits per heavy atom. The highest BCUT2D eigenvalue weighted by Gasteiger charge is 2.24. The smallest absolute Gasteiger partial charge is 0.253 e. The van der Waals surface area contributed by atoms with Crippen molar-refractivity contribution in [3.05, 3.63) is 58.1 Å². The van der Waals surface area contributed by atoms with Gasteiger partial charge in [0.1, 0.15) is 11.0 Å². The molecule has 160 valence electrons. The molecule has 0 bridgehead atoms. The molecule has 0 aliphatic carbocycles. The highest BCUT2D eigenvalue weighted by molar-refractivity contribution is 6.31. The van der Waals surface area contributed by atoms with Crippen LogP contribution in [0.3, 0.4) is 0 Å². The molecule has 1 fully saturated rings. The van der Waals surface area contributed by atoms with E-state index in [0.29, 0.717) is 49.4 Å². The molecule has 8 heteroatoms. The molecule has 2 aromatic rings. The van der Waals surface area contributed by atoms with Crippen LogP contribution in [-0.4, -0.2) is 57.6 Å². The molecule has 3 rings (SSSR count). The molecule has 0 spiro atoms. The molecule has 2 heterocycles. The molecule has 0 atom stereocenters. The van der Waals surface area contributed by atoms with Crippen LogP contribution in [-0.2, 0) is 11.3 Å². The zero-order chi connectivity index (χ0) is 21.8. The van der Waals surface area contributed by atoms with Crippen LogP contribution in [0.2, 0.25) is 5.15 Å². The predicted octanol–water partition coefficient (Wildman–Crippen LogP) is 3.64. The van der Waals surface area contributed by atoms with Crippen LogP contribution >= 0.6 is 11.6 Å². The maximum Gasteiger partial charge on any atom is 0.253 e. The number of amides is 2. The molecule has 1 aliphatic heterocycles. The Balaban J connectivity index is 1.58. The maximum absolute atomic E-state index is 13.0. The normalized spacial score (nSPS) is 14.7. The molecule has 0 saturated carbocycles. The third kappa shape index (κ3) is 5.08. The predicted molar refractivity (Wildman–Crippen MR) is 115 cm³/mol. The van der Waals surface area contributed by atoms with Gasteiger partial charge in [0.2, 0.25) is 5.91 Å². The molecule has 1 aromatic carbocycles. The summed E-state index contributed by atoms with van der Waals surface area (Å²) in [6.07, 6.45) is 3.22. The largest absolute Gasteiger partial charge is 0.336 e. The van der Waals surface area contributed by atoms with Gasteiger partial charge in [-0.3, -0.25) is 14.3 Å². The standard InChI is InChI=1S/C22H26ClFN4O2/c1-15(2)14-28-21(23)19(16(3)25-28)8-9-20(29)26-10-12-27(13-11-26)22(30)17-4-6-18(24)7-5-17/h4-9,15H,10-14H2,1-3H3/b9-8+. The van der Waals surface area contributed by atoms with Crippen molar-refractivity contribution in [3.8, 4) is 0 Å². The second-order valence-electron chi connectivity index (χ2n) is 7.82. The number of rotatable bonds is 5. The van der Waals surface area contributed by atoms with Crippen LogP contribution in [0.25, 0.3) is 6.08 Å². The van der Waals surface area contributed by atoms with E-state index in [4.69, 9.17) is 11.6 Å². The lowest BCUT2D eigenvalue weighted by Crippen LogP contribution is -2.50. The van der Waals surface area contributed by atoms with Crippen LogP contribution in [0.1, 0.15) is 35.5 Å². The summed E-state index contributed by atoms with van der Waals surface area (Å²) in [6, 6.07) is 5.50. The lowest BCUT2D eigenvalue weighted by molar-refractivity contribution is -0.127. The number of carbonyl (C=O) groups is 2. The molecule has 30 heavy (non-hydrogen) atoms. The molecular weight excluding hydrogens is 407 g/mol. The number of benzene rings is 1. The topological polar surface area (TPSA) is 58.4 Å². The van der Waals surface area contributed by atoms with Crippen molar-refractivity contribution in [1.29, 1.82) is 0 Å². The maximum atomic E-state index is 13.0. The fraction of sp³-hybridized carbons (Fsp3) is 0.409. The van der Waals surface area contributed by atoms with Gasteiger partial charge in [-0.25, -0.2) is 4.39 Å². The third-order valence-corrected chi connectivity index (χ3v) is 5.41. The highest BCUT2D eigenvalue weighted by atomic mass is 35.5. The molecule has 6 nitrogen and oxygen atoms in total.